The largest absolute Gasteiger partial charge is 0.309 e. The van der Waals surface area contributed by atoms with E-state index in [0.717, 1.165) is 28.5 Å². The van der Waals surface area contributed by atoms with Crippen LogP contribution >= 0.6 is 35.0 Å². The number of amides is 1. The molecule has 4 nitrogen and oxygen atoms in total. The molecule has 2 heterocycles. The monoisotopic (exact) mass is 341 g/mol. The first-order valence-electron chi connectivity index (χ1n) is 6.45. The SMILES string of the molecule is CC(Cl)C(=O)Nc1c2c(nn1-c1ccc(Cl)cc1)CSC2. The van der Waals surface area contributed by atoms with Crippen molar-refractivity contribution in [3.63, 3.8) is 0 Å². The van der Waals surface area contributed by atoms with Gasteiger partial charge in [0.05, 0.1) is 11.4 Å². The summed E-state index contributed by atoms with van der Waals surface area (Å²) in [5.41, 5.74) is 2.93. The molecule has 3 rings (SSSR count). The second-order valence-electron chi connectivity index (χ2n) is 4.76. The third-order valence-corrected chi connectivity index (χ3v) is 4.65. The Morgan fingerprint density at radius 3 is 2.76 bits per heavy atom. The van der Waals surface area contributed by atoms with Crippen molar-refractivity contribution >= 4 is 46.7 Å². The predicted molar refractivity (Wildman–Crippen MR) is 87.5 cm³/mol. The average Bonchev–Trinajstić information content (AvgIpc) is 3.02. The molecule has 1 unspecified atom stereocenters. The maximum Gasteiger partial charge on any atom is 0.243 e. The molecule has 2 aromatic rings. The molecule has 0 aliphatic carbocycles. The Labute approximate surface area is 136 Å². The fraction of sp³-hybridized carbons (Fsp3) is 0.286. The maximum atomic E-state index is 11.9. The molecule has 1 N–H and O–H groups in total. The number of alkyl halides is 1. The van der Waals surface area contributed by atoms with E-state index in [0.29, 0.717) is 10.8 Å². The van der Waals surface area contributed by atoms with Crippen LogP contribution in [0.2, 0.25) is 5.02 Å². The summed E-state index contributed by atoms with van der Waals surface area (Å²) in [5, 5.41) is 7.55. The first-order chi connectivity index (χ1) is 10.1. The van der Waals surface area contributed by atoms with Crippen molar-refractivity contribution in [3.8, 4) is 5.69 Å². The second kappa shape index (κ2) is 5.91. The van der Waals surface area contributed by atoms with Gasteiger partial charge in [-0.05, 0) is 31.2 Å². The number of carbonyl (C=O) groups excluding carboxylic acids is 1. The number of nitrogens with one attached hydrogen (secondary N) is 1. The van der Waals surface area contributed by atoms with Crippen LogP contribution in [-0.2, 0) is 16.3 Å². The number of carbonyl (C=O) groups is 1. The van der Waals surface area contributed by atoms with Gasteiger partial charge in [0, 0.05) is 22.1 Å². The Morgan fingerprint density at radius 2 is 2.10 bits per heavy atom. The van der Waals surface area contributed by atoms with Gasteiger partial charge < -0.3 is 5.32 Å². The Kier molecular flexibility index (Phi) is 4.15. The van der Waals surface area contributed by atoms with Crippen LogP contribution in [0.1, 0.15) is 18.2 Å². The van der Waals surface area contributed by atoms with Gasteiger partial charge in [-0.15, -0.1) is 11.6 Å². The number of hydrogen-bond donors (Lipinski definition) is 1. The number of halogens is 2. The van der Waals surface area contributed by atoms with Crippen molar-refractivity contribution in [2.45, 2.75) is 23.8 Å². The third-order valence-electron chi connectivity index (χ3n) is 3.23. The number of thioether (sulfide) groups is 1. The molecule has 0 fully saturated rings. The van der Waals surface area contributed by atoms with Gasteiger partial charge in [0.15, 0.2) is 0 Å². The molecule has 0 spiro atoms. The van der Waals surface area contributed by atoms with Crippen molar-refractivity contribution in [2.24, 2.45) is 0 Å². The molecule has 1 aliphatic heterocycles. The minimum atomic E-state index is -0.594. The highest BCUT2D eigenvalue weighted by molar-refractivity contribution is 7.98. The molecule has 1 amide bonds. The molecule has 7 heteroatoms. The smallest absolute Gasteiger partial charge is 0.243 e. The second-order valence-corrected chi connectivity index (χ2v) is 6.84. The van der Waals surface area contributed by atoms with Gasteiger partial charge in [0.2, 0.25) is 5.91 Å². The predicted octanol–water partition coefficient (Wildman–Crippen LogP) is 3.84. The van der Waals surface area contributed by atoms with E-state index >= 15 is 0 Å². The first-order valence-corrected chi connectivity index (χ1v) is 8.42. The van der Waals surface area contributed by atoms with Gasteiger partial charge >= 0.3 is 0 Å². The molecule has 0 saturated carbocycles. The van der Waals surface area contributed by atoms with Crippen LogP contribution in [0.3, 0.4) is 0 Å². The quantitative estimate of drug-likeness (QED) is 0.862. The molecule has 21 heavy (non-hydrogen) atoms. The van der Waals surface area contributed by atoms with E-state index in [-0.39, 0.29) is 5.91 Å². The zero-order valence-electron chi connectivity index (χ0n) is 11.3. The van der Waals surface area contributed by atoms with Crippen molar-refractivity contribution < 1.29 is 4.79 Å². The average molecular weight is 342 g/mol. The molecule has 1 atom stereocenters. The zero-order valence-corrected chi connectivity index (χ0v) is 13.6. The molecule has 1 aliphatic rings. The number of hydrogen-bond acceptors (Lipinski definition) is 3. The van der Waals surface area contributed by atoms with Gasteiger partial charge in [-0.25, -0.2) is 4.68 Å². The summed E-state index contributed by atoms with van der Waals surface area (Å²) in [4.78, 5) is 11.9. The number of aromatic nitrogens is 2. The minimum absolute atomic E-state index is 0.230. The van der Waals surface area contributed by atoms with Crippen molar-refractivity contribution in [2.75, 3.05) is 5.32 Å². The first kappa shape index (κ1) is 14.8. The zero-order chi connectivity index (χ0) is 15.0. The summed E-state index contributed by atoms with van der Waals surface area (Å²) < 4.78 is 1.75. The fourth-order valence-corrected chi connectivity index (χ4v) is 3.34. The molecule has 1 aromatic heterocycles. The van der Waals surface area contributed by atoms with Crippen LogP contribution in [0.25, 0.3) is 5.69 Å². The van der Waals surface area contributed by atoms with E-state index in [9.17, 15) is 4.79 Å². The number of fused-ring (bicyclic) bond motifs is 1. The summed E-state index contributed by atoms with van der Waals surface area (Å²) in [7, 11) is 0. The Morgan fingerprint density at radius 1 is 1.38 bits per heavy atom. The van der Waals surface area contributed by atoms with Crippen molar-refractivity contribution in [3.05, 3.63) is 40.5 Å². The summed E-state index contributed by atoms with van der Waals surface area (Å²) in [6.07, 6.45) is 0. The van der Waals surface area contributed by atoms with Crippen LogP contribution in [0.5, 0.6) is 0 Å². The van der Waals surface area contributed by atoms with E-state index < -0.39 is 5.38 Å². The van der Waals surface area contributed by atoms with E-state index in [2.05, 4.69) is 10.4 Å². The standard InChI is InChI=1S/C14H13Cl2N3OS/c1-8(15)14(20)17-13-11-6-21-7-12(11)18-19(13)10-4-2-9(16)3-5-10/h2-5,8H,6-7H2,1H3,(H,17,20). The molecule has 0 radical (unpaired) electrons. The molecule has 0 saturated heterocycles. The van der Waals surface area contributed by atoms with Crippen LogP contribution in [0, 0.1) is 0 Å². The molecular weight excluding hydrogens is 329 g/mol. The summed E-state index contributed by atoms with van der Waals surface area (Å²) in [6.45, 7) is 1.65. The van der Waals surface area contributed by atoms with E-state index in [1.807, 2.05) is 12.1 Å². The summed E-state index contributed by atoms with van der Waals surface area (Å²) in [5.74, 6) is 2.17. The van der Waals surface area contributed by atoms with Crippen molar-refractivity contribution in [1.82, 2.24) is 9.78 Å². The highest BCUT2D eigenvalue weighted by Gasteiger charge is 2.25. The van der Waals surface area contributed by atoms with E-state index in [1.54, 1.807) is 35.5 Å². The minimum Gasteiger partial charge on any atom is -0.309 e. The van der Waals surface area contributed by atoms with E-state index in [1.165, 1.54) is 0 Å². The van der Waals surface area contributed by atoms with Crippen molar-refractivity contribution in [1.29, 1.82) is 0 Å². The van der Waals surface area contributed by atoms with Gasteiger partial charge in [-0.3, -0.25) is 4.79 Å². The molecule has 1 aromatic carbocycles. The molecule has 110 valence electrons. The van der Waals surface area contributed by atoms with Crippen LogP contribution in [-0.4, -0.2) is 21.1 Å². The molecular formula is C14H13Cl2N3OS. The molecule has 0 bridgehead atoms. The topological polar surface area (TPSA) is 46.9 Å². The fourth-order valence-electron chi connectivity index (χ4n) is 2.13. The Balaban J connectivity index is 2.04. The van der Waals surface area contributed by atoms with Gasteiger partial charge in [0.1, 0.15) is 11.2 Å². The van der Waals surface area contributed by atoms with Crippen LogP contribution in [0.15, 0.2) is 24.3 Å². The van der Waals surface area contributed by atoms with Gasteiger partial charge in [-0.1, -0.05) is 11.6 Å². The normalized spacial score (nSPS) is 14.8. The highest BCUT2D eigenvalue weighted by atomic mass is 35.5. The van der Waals surface area contributed by atoms with Gasteiger partial charge in [-0.2, -0.15) is 16.9 Å². The number of rotatable bonds is 3. The number of nitrogens with zero attached hydrogens (tertiary/aromatic N) is 2. The maximum absolute atomic E-state index is 11.9. The lowest BCUT2D eigenvalue weighted by Gasteiger charge is -2.11. The number of benzene rings is 1. The third kappa shape index (κ3) is 2.91. The Hall–Kier alpha value is -1.17. The lowest BCUT2D eigenvalue weighted by molar-refractivity contribution is -0.115. The van der Waals surface area contributed by atoms with E-state index in [4.69, 9.17) is 23.2 Å². The highest BCUT2D eigenvalue weighted by Crippen LogP contribution is 2.36. The summed E-state index contributed by atoms with van der Waals surface area (Å²) in [6, 6.07) is 7.34. The van der Waals surface area contributed by atoms with Gasteiger partial charge in [0.25, 0.3) is 0 Å². The lowest BCUT2D eigenvalue weighted by atomic mass is 10.2. The van der Waals surface area contributed by atoms with Crippen LogP contribution < -0.4 is 5.32 Å². The van der Waals surface area contributed by atoms with Crippen LogP contribution in [0.4, 0.5) is 5.82 Å². The summed E-state index contributed by atoms with van der Waals surface area (Å²) >= 11 is 13.6. The lowest BCUT2D eigenvalue weighted by Crippen LogP contribution is -2.22. The Bertz CT molecular complexity index is 682. The number of anilines is 1.